The van der Waals surface area contributed by atoms with Crippen LogP contribution >= 0.6 is 0 Å². The zero-order valence-electron chi connectivity index (χ0n) is 11.9. The first-order valence-corrected chi connectivity index (χ1v) is 6.66. The number of carboxylic acids is 1. The quantitative estimate of drug-likeness (QED) is 0.758. The number of carbonyl (C=O) groups is 2. The van der Waals surface area contributed by atoms with Crippen molar-refractivity contribution in [3.63, 3.8) is 0 Å². The molecule has 2 N–H and O–H groups in total. The first-order valence-electron chi connectivity index (χ1n) is 6.66. The van der Waals surface area contributed by atoms with E-state index < -0.39 is 17.3 Å². The SMILES string of the molecule is CC1(CNC(=O)C(C(=O)O)C(C)(C)C)CCCC1. The van der Waals surface area contributed by atoms with E-state index in [1.54, 1.807) is 20.8 Å². The van der Waals surface area contributed by atoms with E-state index in [4.69, 9.17) is 0 Å². The third-order valence-electron chi connectivity index (χ3n) is 3.88. The van der Waals surface area contributed by atoms with Gasteiger partial charge in [-0.3, -0.25) is 9.59 Å². The molecule has 4 heteroatoms. The molecule has 0 aromatic heterocycles. The lowest BCUT2D eigenvalue weighted by molar-refractivity contribution is -0.151. The Bertz CT molecular complexity index is 324. The molecular formula is C14H25NO3. The predicted octanol–water partition coefficient (Wildman–Crippen LogP) is 2.43. The van der Waals surface area contributed by atoms with Gasteiger partial charge in [-0.2, -0.15) is 0 Å². The van der Waals surface area contributed by atoms with Crippen molar-refractivity contribution in [2.75, 3.05) is 6.54 Å². The van der Waals surface area contributed by atoms with Crippen LogP contribution < -0.4 is 5.32 Å². The number of nitrogens with one attached hydrogen (secondary N) is 1. The molecule has 1 atom stereocenters. The molecule has 1 fully saturated rings. The Morgan fingerprint density at radius 3 is 2.17 bits per heavy atom. The molecule has 0 heterocycles. The summed E-state index contributed by atoms with van der Waals surface area (Å²) in [6, 6.07) is 0. The average molecular weight is 255 g/mol. The Balaban J connectivity index is 2.60. The molecule has 1 amide bonds. The van der Waals surface area contributed by atoms with Gasteiger partial charge in [-0.15, -0.1) is 0 Å². The van der Waals surface area contributed by atoms with Crippen molar-refractivity contribution in [3.05, 3.63) is 0 Å². The molecular weight excluding hydrogens is 230 g/mol. The van der Waals surface area contributed by atoms with Gasteiger partial charge in [0.1, 0.15) is 5.92 Å². The summed E-state index contributed by atoms with van der Waals surface area (Å²) in [5.41, 5.74) is -0.414. The van der Waals surface area contributed by atoms with Gasteiger partial charge in [-0.25, -0.2) is 0 Å². The summed E-state index contributed by atoms with van der Waals surface area (Å²) >= 11 is 0. The van der Waals surface area contributed by atoms with Crippen LogP contribution in [0.25, 0.3) is 0 Å². The Kier molecular flexibility index (Phi) is 4.41. The van der Waals surface area contributed by atoms with E-state index >= 15 is 0 Å². The standard InChI is InChI=1S/C14H25NO3/c1-13(2,3)10(12(17)18)11(16)15-9-14(4)7-5-6-8-14/h10H,5-9H2,1-4H3,(H,15,16)(H,17,18). The van der Waals surface area contributed by atoms with Gasteiger partial charge in [-0.05, 0) is 23.7 Å². The Labute approximate surface area is 109 Å². The maximum Gasteiger partial charge on any atom is 0.316 e. The Morgan fingerprint density at radius 1 is 1.28 bits per heavy atom. The number of carbonyl (C=O) groups excluding carboxylic acids is 1. The molecule has 4 nitrogen and oxygen atoms in total. The molecule has 1 rings (SSSR count). The highest BCUT2D eigenvalue weighted by molar-refractivity contribution is 5.97. The van der Waals surface area contributed by atoms with Crippen molar-refractivity contribution in [2.24, 2.45) is 16.7 Å². The molecule has 0 radical (unpaired) electrons. The number of amides is 1. The normalized spacial score (nSPS) is 20.4. The van der Waals surface area contributed by atoms with E-state index in [-0.39, 0.29) is 11.3 Å². The van der Waals surface area contributed by atoms with E-state index in [1.807, 2.05) is 0 Å². The van der Waals surface area contributed by atoms with Crippen LogP contribution in [0.3, 0.4) is 0 Å². The van der Waals surface area contributed by atoms with E-state index in [2.05, 4.69) is 12.2 Å². The summed E-state index contributed by atoms with van der Waals surface area (Å²) in [7, 11) is 0. The molecule has 0 saturated heterocycles. The smallest absolute Gasteiger partial charge is 0.316 e. The molecule has 104 valence electrons. The van der Waals surface area contributed by atoms with Crippen LogP contribution in [-0.2, 0) is 9.59 Å². The van der Waals surface area contributed by atoms with Crippen molar-refractivity contribution in [3.8, 4) is 0 Å². The third kappa shape index (κ3) is 3.72. The molecule has 0 spiro atoms. The van der Waals surface area contributed by atoms with Crippen LogP contribution in [0.2, 0.25) is 0 Å². The minimum absolute atomic E-state index is 0.149. The van der Waals surface area contributed by atoms with Crippen LogP contribution in [-0.4, -0.2) is 23.5 Å². The molecule has 0 bridgehead atoms. The van der Waals surface area contributed by atoms with Crippen molar-refractivity contribution in [1.82, 2.24) is 5.32 Å². The largest absolute Gasteiger partial charge is 0.481 e. The van der Waals surface area contributed by atoms with Crippen molar-refractivity contribution >= 4 is 11.9 Å². The van der Waals surface area contributed by atoms with E-state index in [0.717, 1.165) is 12.8 Å². The number of aliphatic carboxylic acids is 1. The summed E-state index contributed by atoms with van der Waals surface area (Å²) in [6.07, 6.45) is 4.63. The first kappa shape index (κ1) is 15.0. The lowest BCUT2D eigenvalue weighted by atomic mass is 9.79. The second-order valence-corrected chi connectivity index (χ2v) is 6.87. The molecule has 0 aromatic rings. The predicted molar refractivity (Wildman–Crippen MR) is 70.2 cm³/mol. The van der Waals surface area contributed by atoms with Crippen LogP contribution in [0, 0.1) is 16.7 Å². The molecule has 1 aliphatic carbocycles. The fraction of sp³-hybridized carbons (Fsp3) is 0.857. The van der Waals surface area contributed by atoms with Crippen LogP contribution in [0.5, 0.6) is 0 Å². The van der Waals surface area contributed by atoms with Crippen molar-refractivity contribution < 1.29 is 14.7 Å². The number of carboxylic acid groups (broad SMARTS) is 1. The fourth-order valence-corrected chi connectivity index (χ4v) is 2.68. The van der Waals surface area contributed by atoms with Crippen LogP contribution in [0.1, 0.15) is 53.4 Å². The molecule has 0 aliphatic heterocycles. The molecule has 0 aromatic carbocycles. The first-order chi connectivity index (χ1) is 8.16. The van der Waals surface area contributed by atoms with Crippen molar-refractivity contribution in [2.45, 2.75) is 53.4 Å². The molecule has 1 unspecified atom stereocenters. The van der Waals surface area contributed by atoms with Gasteiger partial charge in [0.25, 0.3) is 0 Å². The summed E-state index contributed by atoms with van der Waals surface area (Å²) in [6.45, 7) is 8.09. The monoisotopic (exact) mass is 255 g/mol. The lowest BCUT2D eigenvalue weighted by Gasteiger charge is -2.29. The fourth-order valence-electron chi connectivity index (χ4n) is 2.68. The van der Waals surface area contributed by atoms with E-state index in [0.29, 0.717) is 6.54 Å². The summed E-state index contributed by atoms with van der Waals surface area (Å²) in [5, 5.41) is 12.0. The van der Waals surface area contributed by atoms with Gasteiger partial charge in [0.05, 0.1) is 0 Å². The highest BCUT2D eigenvalue weighted by Gasteiger charge is 2.38. The second-order valence-electron chi connectivity index (χ2n) is 6.87. The van der Waals surface area contributed by atoms with Crippen LogP contribution in [0.15, 0.2) is 0 Å². The summed E-state index contributed by atoms with van der Waals surface area (Å²) < 4.78 is 0. The zero-order valence-corrected chi connectivity index (χ0v) is 11.9. The Hall–Kier alpha value is -1.06. The van der Waals surface area contributed by atoms with Gasteiger partial charge >= 0.3 is 5.97 Å². The number of hydrogen-bond acceptors (Lipinski definition) is 2. The molecule has 1 aliphatic rings. The van der Waals surface area contributed by atoms with Crippen molar-refractivity contribution in [1.29, 1.82) is 0 Å². The lowest BCUT2D eigenvalue weighted by Crippen LogP contribution is -2.45. The van der Waals surface area contributed by atoms with Gasteiger partial charge in [-0.1, -0.05) is 40.5 Å². The molecule has 1 saturated carbocycles. The van der Waals surface area contributed by atoms with Crippen LogP contribution in [0.4, 0.5) is 0 Å². The third-order valence-corrected chi connectivity index (χ3v) is 3.88. The minimum atomic E-state index is -1.04. The topological polar surface area (TPSA) is 66.4 Å². The van der Waals surface area contributed by atoms with Gasteiger partial charge in [0.2, 0.25) is 5.91 Å². The average Bonchev–Trinajstić information content (AvgIpc) is 2.60. The zero-order chi connectivity index (χ0) is 14.0. The van der Waals surface area contributed by atoms with Gasteiger partial charge in [0.15, 0.2) is 0 Å². The van der Waals surface area contributed by atoms with E-state index in [1.165, 1.54) is 12.8 Å². The van der Waals surface area contributed by atoms with Gasteiger partial charge < -0.3 is 10.4 Å². The number of rotatable bonds is 4. The van der Waals surface area contributed by atoms with E-state index in [9.17, 15) is 14.7 Å². The Morgan fingerprint density at radius 2 is 1.78 bits per heavy atom. The summed E-state index contributed by atoms with van der Waals surface area (Å²) in [5.74, 6) is -2.39. The minimum Gasteiger partial charge on any atom is -0.481 e. The maximum absolute atomic E-state index is 12.0. The van der Waals surface area contributed by atoms with Gasteiger partial charge in [0, 0.05) is 6.54 Å². The summed E-state index contributed by atoms with van der Waals surface area (Å²) in [4.78, 5) is 23.2. The molecule has 18 heavy (non-hydrogen) atoms. The highest BCUT2D eigenvalue weighted by Crippen LogP contribution is 2.37. The number of hydrogen-bond donors (Lipinski definition) is 2. The second kappa shape index (κ2) is 5.29. The maximum atomic E-state index is 12.0. The highest BCUT2D eigenvalue weighted by atomic mass is 16.4.